The van der Waals surface area contributed by atoms with Crippen molar-refractivity contribution < 1.29 is 0 Å². The third-order valence-electron chi connectivity index (χ3n) is 3.86. The van der Waals surface area contributed by atoms with Crippen molar-refractivity contribution >= 4 is 35.6 Å². The Hall–Kier alpha value is 0.01000. The Balaban J connectivity index is 0.00000120. The Kier molecular flexibility index (Phi) is 4.79. The van der Waals surface area contributed by atoms with Gasteiger partial charge in [-0.25, -0.2) is 0 Å². The minimum Gasteiger partial charge on any atom is -0.316 e. The smallest absolute Gasteiger partial charge is 0.0595 e. The van der Waals surface area contributed by atoms with Crippen molar-refractivity contribution in [3.63, 3.8) is 0 Å². The van der Waals surface area contributed by atoms with Crippen molar-refractivity contribution in [3.05, 3.63) is 33.8 Å². The number of rotatable bonds is 2. The quantitative estimate of drug-likeness (QED) is 0.903. The molecule has 1 aromatic rings. The molecular weight excluding hydrogens is 291 g/mol. The third kappa shape index (κ3) is 2.94. The SMILES string of the molecule is Cl.Clc1ccc(CN2C[C@H]3CNC[C@H]3C2)cc1Cl. The van der Waals surface area contributed by atoms with Crippen molar-refractivity contribution in [3.8, 4) is 0 Å². The Morgan fingerprint density at radius 1 is 1.11 bits per heavy atom. The van der Waals surface area contributed by atoms with Gasteiger partial charge in [0, 0.05) is 19.6 Å². The van der Waals surface area contributed by atoms with E-state index in [1.54, 1.807) is 0 Å². The number of fused-ring (bicyclic) bond motifs is 1. The molecule has 0 unspecified atom stereocenters. The number of halogens is 3. The van der Waals surface area contributed by atoms with Gasteiger partial charge in [0.2, 0.25) is 0 Å². The van der Waals surface area contributed by atoms with Crippen molar-refractivity contribution in [1.82, 2.24) is 10.2 Å². The van der Waals surface area contributed by atoms with Gasteiger partial charge in [-0.3, -0.25) is 4.90 Å². The van der Waals surface area contributed by atoms with Gasteiger partial charge in [-0.05, 0) is 42.6 Å². The van der Waals surface area contributed by atoms with E-state index in [2.05, 4.69) is 16.3 Å². The van der Waals surface area contributed by atoms with E-state index in [1.807, 2.05) is 12.1 Å². The highest BCUT2D eigenvalue weighted by Crippen LogP contribution is 2.29. The second kappa shape index (κ2) is 5.98. The molecule has 2 atom stereocenters. The molecule has 2 fully saturated rings. The Morgan fingerprint density at radius 3 is 2.39 bits per heavy atom. The predicted molar refractivity (Wildman–Crippen MR) is 78.8 cm³/mol. The average molecular weight is 308 g/mol. The molecule has 2 heterocycles. The second-order valence-electron chi connectivity index (χ2n) is 5.12. The van der Waals surface area contributed by atoms with Crippen LogP contribution in [0.3, 0.4) is 0 Å². The lowest BCUT2D eigenvalue weighted by Crippen LogP contribution is -2.25. The van der Waals surface area contributed by atoms with Gasteiger partial charge in [0.05, 0.1) is 10.0 Å². The Labute approximate surface area is 124 Å². The van der Waals surface area contributed by atoms with Crippen molar-refractivity contribution in [2.75, 3.05) is 26.2 Å². The van der Waals surface area contributed by atoms with Crippen LogP contribution >= 0.6 is 35.6 Å². The molecule has 0 spiro atoms. The number of nitrogens with zero attached hydrogens (tertiary/aromatic N) is 1. The van der Waals surface area contributed by atoms with Crippen LogP contribution < -0.4 is 5.32 Å². The summed E-state index contributed by atoms with van der Waals surface area (Å²) in [5.41, 5.74) is 1.26. The zero-order chi connectivity index (χ0) is 11.8. The van der Waals surface area contributed by atoms with E-state index in [0.717, 1.165) is 18.4 Å². The fourth-order valence-corrected chi connectivity index (χ4v) is 3.30. The summed E-state index contributed by atoms with van der Waals surface area (Å²) in [6, 6.07) is 5.94. The average Bonchev–Trinajstić information content (AvgIpc) is 2.84. The molecule has 5 heteroatoms. The summed E-state index contributed by atoms with van der Waals surface area (Å²) in [4.78, 5) is 2.52. The molecule has 2 nitrogen and oxygen atoms in total. The van der Waals surface area contributed by atoms with Crippen LogP contribution in [0.15, 0.2) is 18.2 Å². The van der Waals surface area contributed by atoms with E-state index in [0.29, 0.717) is 10.0 Å². The number of benzene rings is 1. The molecule has 0 radical (unpaired) electrons. The minimum atomic E-state index is 0. The van der Waals surface area contributed by atoms with Crippen LogP contribution in [0, 0.1) is 11.8 Å². The maximum atomic E-state index is 6.03. The van der Waals surface area contributed by atoms with Gasteiger partial charge < -0.3 is 5.32 Å². The topological polar surface area (TPSA) is 15.3 Å². The Morgan fingerprint density at radius 2 is 1.78 bits per heavy atom. The Bertz CT molecular complexity index is 413. The van der Waals surface area contributed by atoms with E-state index in [9.17, 15) is 0 Å². The molecule has 1 aromatic carbocycles. The maximum absolute atomic E-state index is 6.03. The molecule has 2 aliphatic heterocycles. The lowest BCUT2D eigenvalue weighted by atomic mass is 10.0. The van der Waals surface area contributed by atoms with E-state index >= 15 is 0 Å². The fraction of sp³-hybridized carbons (Fsp3) is 0.538. The van der Waals surface area contributed by atoms with Gasteiger partial charge in [-0.15, -0.1) is 12.4 Å². The molecule has 2 saturated heterocycles. The van der Waals surface area contributed by atoms with Gasteiger partial charge in [0.15, 0.2) is 0 Å². The zero-order valence-corrected chi connectivity index (χ0v) is 12.4. The molecule has 0 aromatic heterocycles. The van der Waals surface area contributed by atoms with Crippen LogP contribution in [0.4, 0.5) is 0 Å². The van der Waals surface area contributed by atoms with Crippen molar-refractivity contribution in [2.45, 2.75) is 6.54 Å². The number of hydrogen-bond donors (Lipinski definition) is 1. The first-order valence-electron chi connectivity index (χ1n) is 6.09. The van der Waals surface area contributed by atoms with Gasteiger partial charge >= 0.3 is 0 Å². The number of likely N-dealkylation sites (tertiary alicyclic amines) is 1. The molecule has 0 aliphatic carbocycles. The molecular formula is C13H17Cl3N2. The van der Waals surface area contributed by atoms with Crippen LogP contribution in [0.5, 0.6) is 0 Å². The van der Waals surface area contributed by atoms with Crippen LogP contribution in [-0.4, -0.2) is 31.1 Å². The second-order valence-corrected chi connectivity index (χ2v) is 5.94. The van der Waals surface area contributed by atoms with E-state index < -0.39 is 0 Å². The largest absolute Gasteiger partial charge is 0.316 e. The maximum Gasteiger partial charge on any atom is 0.0595 e. The summed E-state index contributed by atoms with van der Waals surface area (Å²) in [5.74, 6) is 1.69. The fourth-order valence-electron chi connectivity index (χ4n) is 2.98. The lowest BCUT2D eigenvalue weighted by Gasteiger charge is -2.17. The summed E-state index contributed by atoms with van der Waals surface area (Å²) >= 11 is 12.0. The van der Waals surface area contributed by atoms with Crippen LogP contribution in [0.1, 0.15) is 5.56 Å². The summed E-state index contributed by atoms with van der Waals surface area (Å²) in [7, 11) is 0. The van der Waals surface area contributed by atoms with Gasteiger partial charge in [-0.2, -0.15) is 0 Å². The standard InChI is InChI=1S/C13H16Cl2N2.ClH/c14-12-2-1-9(3-13(12)15)6-17-7-10-4-16-5-11(10)8-17;/h1-3,10-11,16H,4-8H2;1H/t10-,11+;. The molecule has 3 rings (SSSR count). The summed E-state index contributed by atoms with van der Waals surface area (Å²) in [5, 5.41) is 4.75. The molecule has 1 N–H and O–H groups in total. The molecule has 18 heavy (non-hydrogen) atoms. The molecule has 0 bridgehead atoms. The zero-order valence-electron chi connectivity index (χ0n) is 10.0. The first-order valence-corrected chi connectivity index (χ1v) is 6.85. The van der Waals surface area contributed by atoms with Gasteiger partial charge in [0.25, 0.3) is 0 Å². The lowest BCUT2D eigenvalue weighted by molar-refractivity contribution is 0.305. The highest BCUT2D eigenvalue weighted by atomic mass is 35.5. The normalized spacial score (nSPS) is 27.0. The molecule has 100 valence electrons. The first kappa shape index (κ1) is 14.4. The summed E-state index contributed by atoms with van der Waals surface area (Å²) < 4.78 is 0. The van der Waals surface area contributed by atoms with E-state index in [4.69, 9.17) is 23.2 Å². The van der Waals surface area contributed by atoms with Crippen LogP contribution in [0.25, 0.3) is 0 Å². The highest BCUT2D eigenvalue weighted by molar-refractivity contribution is 6.42. The van der Waals surface area contributed by atoms with Crippen molar-refractivity contribution in [2.24, 2.45) is 11.8 Å². The highest BCUT2D eigenvalue weighted by Gasteiger charge is 2.35. The number of nitrogens with one attached hydrogen (secondary N) is 1. The molecule has 0 saturated carbocycles. The monoisotopic (exact) mass is 306 g/mol. The van der Waals surface area contributed by atoms with E-state index in [-0.39, 0.29) is 12.4 Å². The van der Waals surface area contributed by atoms with Crippen LogP contribution in [0.2, 0.25) is 10.0 Å². The number of hydrogen-bond acceptors (Lipinski definition) is 2. The molecule has 2 aliphatic rings. The predicted octanol–water partition coefficient (Wildman–Crippen LogP) is 3.07. The van der Waals surface area contributed by atoms with Gasteiger partial charge in [0.1, 0.15) is 0 Å². The summed E-state index contributed by atoms with van der Waals surface area (Å²) in [6.07, 6.45) is 0. The first-order chi connectivity index (χ1) is 8.22. The van der Waals surface area contributed by atoms with Crippen LogP contribution in [-0.2, 0) is 6.54 Å². The minimum absolute atomic E-state index is 0. The van der Waals surface area contributed by atoms with E-state index in [1.165, 1.54) is 31.7 Å². The van der Waals surface area contributed by atoms with Crippen molar-refractivity contribution in [1.29, 1.82) is 0 Å². The third-order valence-corrected chi connectivity index (χ3v) is 4.59. The molecule has 0 amide bonds. The summed E-state index contributed by atoms with van der Waals surface area (Å²) in [6.45, 7) is 5.77. The van der Waals surface area contributed by atoms with Gasteiger partial charge in [-0.1, -0.05) is 29.3 Å².